The maximum atomic E-state index is 13.1. The first kappa shape index (κ1) is 22.8. The minimum absolute atomic E-state index is 0.103. The van der Waals surface area contributed by atoms with Crippen molar-refractivity contribution >= 4 is 11.8 Å². The molecule has 0 aliphatic carbocycles. The molecule has 3 rings (SSSR count). The van der Waals surface area contributed by atoms with Crippen molar-refractivity contribution in [3.63, 3.8) is 0 Å². The highest BCUT2D eigenvalue weighted by Crippen LogP contribution is 2.19. The summed E-state index contributed by atoms with van der Waals surface area (Å²) in [5.41, 5.74) is 1.11. The van der Waals surface area contributed by atoms with Gasteiger partial charge in [0, 0.05) is 44.5 Å². The number of pyridine rings is 1. The first-order valence-electron chi connectivity index (χ1n) is 10.9. The molecule has 0 bridgehead atoms. The normalized spacial score (nSPS) is 16.1. The zero-order valence-electron chi connectivity index (χ0n) is 18.6. The summed E-state index contributed by atoms with van der Waals surface area (Å²) in [5.74, 6) is 2.12. The smallest absolute Gasteiger partial charge is 0.191 e. The molecule has 7 nitrogen and oxygen atoms in total. The standard InChI is InChI=1S/C23H33FN6O/c1-4-25-23(27-16-18(2)31-21-9-7-20(24)8-10-21)28-17-19-6-5-11-26-22(19)30-14-12-29(3)13-15-30/h5-11,18H,4,12-17H2,1-3H3,(H2,25,27,28). The molecular weight excluding hydrogens is 395 g/mol. The second kappa shape index (κ2) is 11.5. The number of nitrogens with one attached hydrogen (secondary N) is 2. The first-order valence-corrected chi connectivity index (χ1v) is 10.9. The molecule has 0 radical (unpaired) electrons. The Hall–Kier alpha value is -2.87. The average molecular weight is 429 g/mol. The van der Waals surface area contributed by atoms with Crippen LogP contribution in [0.4, 0.5) is 10.2 Å². The third-order valence-corrected chi connectivity index (χ3v) is 5.13. The van der Waals surface area contributed by atoms with Crippen LogP contribution in [0.15, 0.2) is 47.6 Å². The van der Waals surface area contributed by atoms with Crippen LogP contribution >= 0.6 is 0 Å². The summed E-state index contributed by atoms with van der Waals surface area (Å²) in [5, 5.41) is 6.60. The van der Waals surface area contributed by atoms with E-state index >= 15 is 0 Å². The molecular formula is C23H33FN6O. The Labute approximate surface area is 184 Å². The quantitative estimate of drug-likeness (QED) is 0.498. The van der Waals surface area contributed by atoms with Gasteiger partial charge < -0.3 is 25.2 Å². The second-order valence-electron chi connectivity index (χ2n) is 7.73. The Morgan fingerprint density at radius 1 is 1.16 bits per heavy atom. The molecule has 2 N–H and O–H groups in total. The number of benzene rings is 1. The average Bonchev–Trinajstić information content (AvgIpc) is 2.78. The van der Waals surface area contributed by atoms with E-state index in [1.54, 1.807) is 12.1 Å². The van der Waals surface area contributed by atoms with E-state index in [1.165, 1.54) is 12.1 Å². The molecule has 8 heteroatoms. The number of hydrogen-bond acceptors (Lipinski definition) is 5. The van der Waals surface area contributed by atoms with Crippen LogP contribution in [0.25, 0.3) is 0 Å². The van der Waals surface area contributed by atoms with Gasteiger partial charge in [-0.15, -0.1) is 0 Å². The van der Waals surface area contributed by atoms with Gasteiger partial charge in [-0.05, 0) is 51.2 Å². The van der Waals surface area contributed by atoms with E-state index in [-0.39, 0.29) is 11.9 Å². The fraction of sp³-hybridized carbons (Fsp3) is 0.478. The third kappa shape index (κ3) is 7.10. The number of nitrogens with zero attached hydrogens (tertiary/aromatic N) is 4. The van der Waals surface area contributed by atoms with Crippen LogP contribution in [0.3, 0.4) is 0 Å². The molecule has 1 fully saturated rings. The fourth-order valence-corrected chi connectivity index (χ4v) is 3.39. The maximum absolute atomic E-state index is 13.1. The van der Waals surface area contributed by atoms with Gasteiger partial charge in [0.15, 0.2) is 5.96 Å². The van der Waals surface area contributed by atoms with Crippen LogP contribution < -0.4 is 20.3 Å². The van der Waals surface area contributed by atoms with Crippen molar-refractivity contribution in [3.05, 3.63) is 54.0 Å². The van der Waals surface area contributed by atoms with Crippen LogP contribution in [0.5, 0.6) is 5.75 Å². The Morgan fingerprint density at radius 2 is 1.90 bits per heavy atom. The van der Waals surface area contributed by atoms with Gasteiger partial charge in [-0.2, -0.15) is 0 Å². The summed E-state index contributed by atoms with van der Waals surface area (Å²) in [6.45, 7) is 9.89. The minimum atomic E-state index is -0.272. The van der Waals surface area contributed by atoms with Crippen LogP contribution in [0, 0.1) is 5.82 Å². The third-order valence-electron chi connectivity index (χ3n) is 5.13. The van der Waals surface area contributed by atoms with Crippen LogP contribution in [-0.2, 0) is 6.54 Å². The molecule has 0 spiro atoms. The van der Waals surface area contributed by atoms with E-state index in [9.17, 15) is 4.39 Å². The number of rotatable bonds is 8. The topological polar surface area (TPSA) is 65.0 Å². The number of anilines is 1. The molecule has 1 unspecified atom stereocenters. The summed E-state index contributed by atoms with van der Waals surface area (Å²) in [6.07, 6.45) is 1.74. The van der Waals surface area contributed by atoms with Crippen molar-refractivity contribution in [2.45, 2.75) is 26.5 Å². The number of hydrogen-bond donors (Lipinski definition) is 2. The number of guanidine groups is 1. The summed E-state index contributed by atoms with van der Waals surface area (Å²) in [4.78, 5) is 14.1. The first-order chi connectivity index (χ1) is 15.0. The lowest BCUT2D eigenvalue weighted by Crippen LogP contribution is -2.45. The monoisotopic (exact) mass is 428 g/mol. The minimum Gasteiger partial charge on any atom is -0.489 e. The summed E-state index contributed by atoms with van der Waals surface area (Å²) in [6, 6.07) is 10.1. The molecule has 1 aliphatic heterocycles. The van der Waals surface area contributed by atoms with Gasteiger partial charge in [-0.1, -0.05) is 6.07 Å². The summed E-state index contributed by atoms with van der Waals surface area (Å²) in [7, 11) is 2.15. The number of ether oxygens (including phenoxy) is 1. The van der Waals surface area contributed by atoms with Gasteiger partial charge in [-0.25, -0.2) is 14.4 Å². The van der Waals surface area contributed by atoms with Gasteiger partial charge in [0.05, 0.1) is 13.1 Å². The Balaban J connectivity index is 1.58. The zero-order chi connectivity index (χ0) is 22.1. The molecule has 2 heterocycles. The van der Waals surface area contributed by atoms with E-state index in [4.69, 9.17) is 9.73 Å². The van der Waals surface area contributed by atoms with Crippen LogP contribution in [0.1, 0.15) is 19.4 Å². The lowest BCUT2D eigenvalue weighted by Gasteiger charge is -2.34. The van der Waals surface area contributed by atoms with Gasteiger partial charge in [-0.3, -0.25) is 0 Å². The van der Waals surface area contributed by atoms with Crippen LogP contribution in [-0.4, -0.2) is 68.3 Å². The highest BCUT2D eigenvalue weighted by molar-refractivity contribution is 5.79. The van der Waals surface area contributed by atoms with E-state index in [1.807, 2.05) is 26.1 Å². The van der Waals surface area contributed by atoms with Gasteiger partial charge in [0.25, 0.3) is 0 Å². The number of aliphatic imine (C=N–C) groups is 1. The molecule has 1 aliphatic rings. The molecule has 0 saturated carbocycles. The SMILES string of the molecule is CCNC(=NCc1cccnc1N1CCN(C)CC1)NCC(C)Oc1ccc(F)cc1. The van der Waals surface area contributed by atoms with Gasteiger partial charge in [0.2, 0.25) is 0 Å². The lowest BCUT2D eigenvalue weighted by molar-refractivity contribution is 0.223. The number of likely N-dealkylation sites (N-methyl/N-ethyl adjacent to an activating group) is 1. The van der Waals surface area contributed by atoms with E-state index in [2.05, 4.69) is 38.5 Å². The van der Waals surface area contributed by atoms with Crippen molar-refractivity contribution in [3.8, 4) is 5.75 Å². The molecule has 1 atom stereocenters. The molecule has 31 heavy (non-hydrogen) atoms. The predicted octanol–water partition coefficient (Wildman–Crippen LogP) is 2.50. The highest BCUT2D eigenvalue weighted by atomic mass is 19.1. The Bertz CT molecular complexity index is 836. The van der Waals surface area contributed by atoms with E-state index < -0.39 is 0 Å². The number of piperazine rings is 1. The predicted molar refractivity (Wildman–Crippen MR) is 123 cm³/mol. The van der Waals surface area contributed by atoms with Crippen molar-refractivity contribution in [1.82, 2.24) is 20.5 Å². The molecule has 1 saturated heterocycles. The maximum Gasteiger partial charge on any atom is 0.191 e. The van der Waals surface area contributed by atoms with E-state index in [0.717, 1.165) is 50.1 Å². The lowest BCUT2D eigenvalue weighted by atomic mass is 10.2. The van der Waals surface area contributed by atoms with Crippen molar-refractivity contribution in [1.29, 1.82) is 0 Å². The van der Waals surface area contributed by atoms with E-state index in [0.29, 0.717) is 18.8 Å². The largest absolute Gasteiger partial charge is 0.489 e. The second-order valence-corrected chi connectivity index (χ2v) is 7.73. The zero-order valence-corrected chi connectivity index (χ0v) is 18.6. The Morgan fingerprint density at radius 3 is 2.61 bits per heavy atom. The molecule has 168 valence electrons. The summed E-state index contributed by atoms with van der Waals surface area (Å²) >= 11 is 0. The molecule has 0 amide bonds. The van der Waals surface area contributed by atoms with Crippen molar-refractivity contribution in [2.75, 3.05) is 51.2 Å². The summed E-state index contributed by atoms with van der Waals surface area (Å²) < 4.78 is 18.9. The van der Waals surface area contributed by atoms with Gasteiger partial charge in [0.1, 0.15) is 23.5 Å². The molecule has 2 aromatic rings. The van der Waals surface area contributed by atoms with Crippen molar-refractivity contribution in [2.24, 2.45) is 4.99 Å². The number of aromatic nitrogens is 1. The van der Waals surface area contributed by atoms with Gasteiger partial charge >= 0.3 is 0 Å². The van der Waals surface area contributed by atoms with Crippen LogP contribution in [0.2, 0.25) is 0 Å². The Kier molecular flexibility index (Phi) is 8.46. The highest BCUT2D eigenvalue weighted by Gasteiger charge is 2.17. The molecule has 1 aromatic heterocycles. The fourth-order valence-electron chi connectivity index (χ4n) is 3.39. The van der Waals surface area contributed by atoms with Crippen molar-refractivity contribution < 1.29 is 9.13 Å². The molecule has 1 aromatic carbocycles. The number of halogens is 1.